The highest BCUT2D eigenvalue weighted by Gasteiger charge is 2.29. The van der Waals surface area contributed by atoms with Gasteiger partial charge in [-0.1, -0.05) is 15.9 Å². The number of rotatable bonds is 6. The van der Waals surface area contributed by atoms with E-state index in [2.05, 4.69) is 20.7 Å². The summed E-state index contributed by atoms with van der Waals surface area (Å²) < 4.78 is 87.6. The number of nitrogens with one attached hydrogen (secondary N) is 1. The molecule has 26 heavy (non-hydrogen) atoms. The van der Waals surface area contributed by atoms with E-state index in [4.69, 9.17) is 4.74 Å². The van der Waals surface area contributed by atoms with Crippen molar-refractivity contribution in [2.45, 2.75) is 11.1 Å². The number of benzene rings is 2. The number of hydrogen-bond donors (Lipinski definition) is 1. The number of sulfonamides is 1. The molecule has 0 atom stereocenters. The van der Waals surface area contributed by atoms with Crippen LogP contribution in [0.1, 0.15) is 0 Å². The van der Waals surface area contributed by atoms with Gasteiger partial charge in [0.2, 0.25) is 0 Å². The molecule has 2 aromatic carbocycles. The van der Waals surface area contributed by atoms with Crippen LogP contribution in [0.15, 0.2) is 45.8 Å². The summed E-state index contributed by atoms with van der Waals surface area (Å²) in [7, 11) is -3.05. The van der Waals surface area contributed by atoms with Crippen molar-refractivity contribution in [2.24, 2.45) is 0 Å². The van der Waals surface area contributed by atoms with Gasteiger partial charge in [-0.05, 0) is 30.3 Å². The minimum atomic E-state index is -4.64. The summed E-state index contributed by atoms with van der Waals surface area (Å²) in [6, 6.07) is 6.62. The molecule has 0 fully saturated rings. The SMILES string of the molecule is COc1ccc(Br)cc1S(=O)(=O)Nc1cc(F)ccc1OCC(F)(F)F. The standard InChI is InChI=1S/C15H12BrF4NO4S/c1-24-13-4-2-9(16)6-14(13)26(22,23)21-11-7-10(17)3-5-12(11)25-8-15(18,19)20/h2-7,21H,8H2,1H3. The van der Waals surface area contributed by atoms with E-state index in [0.29, 0.717) is 10.5 Å². The fourth-order valence-corrected chi connectivity index (χ4v) is 3.70. The van der Waals surface area contributed by atoms with Gasteiger partial charge in [0.15, 0.2) is 6.61 Å². The van der Waals surface area contributed by atoms with Gasteiger partial charge in [-0.15, -0.1) is 0 Å². The van der Waals surface area contributed by atoms with Crippen LogP contribution in [0.25, 0.3) is 0 Å². The van der Waals surface area contributed by atoms with Crippen LogP contribution in [-0.2, 0) is 10.0 Å². The normalized spacial score (nSPS) is 11.9. The van der Waals surface area contributed by atoms with E-state index in [1.807, 2.05) is 4.72 Å². The van der Waals surface area contributed by atoms with Crippen molar-refractivity contribution in [2.75, 3.05) is 18.4 Å². The molecule has 2 aromatic rings. The van der Waals surface area contributed by atoms with E-state index in [1.54, 1.807) is 0 Å². The first kappa shape index (κ1) is 20.3. The minimum absolute atomic E-state index is 0.00476. The number of hydrogen-bond acceptors (Lipinski definition) is 4. The van der Waals surface area contributed by atoms with Crippen molar-refractivity contribution in [1.82, 2.24) is 0 Å². The average Bonchev–Trinajstić information content (AvgIpc) is 2.53. The Bertz CT molecular complexity index is 903. The smallest absolute Gasteiger partial charge is 0.422 e. The Morgan fingerprint density at radius 3 is 2.38 bits per heavy atom. The van der Waals surface area contributed by atoms with Gasteiger partial charge in [0, 0.05) is 10.5 Å². The van der Waals surface area contributed by atoms with Gasteiger partial charge in [0.05, 0.1) is 12.8 Å². The molecule has 0 heterocycles. The summed E-state index contributed by atoms with van der Waals surface area (Å²) >= 11 is 3.12. The first-order valence-electron chi connectivity index (χ1n) is 6.87. The van der Waals surface area contributed by atoms with Crippen molar-refractivity contribution in [3.8, 4) is 11.5 Å². The molecule has 11 heteroatoms. The largest absolute Gasteiger partial charge is 0.495 e. The quantitative estimate of drug-likeness (QED) is 0.655. The molecule has 0 radical (unpaired) electrons. The zero-order valence-corrected chi connectivity index (χ0v) is 15.5. The van der Waals surface area contributed by atoms with Gasteiger partial charge in [-0.3, -0.25) is 4.72 Å². The van der Waals surface area contributed by atoms with Crippen LogP contribution in [0.2, 0.25) is 0 Å². The number of anilines is 1. The lowest BCUT2D eigenvalue weighted by Gasteiger charge is -2.16. The maximum absolute atomic E-state index is 13.5. The highest BCUT2D eigenvalue weighted by molar-refractivity contribution is 9.10. The van der Waals surface area contributed by atoms with Gasteiger partial charge in [-0.2, -0.15) is 13.2 Å². The van der Waals surface area contributed by atoms with Crippen LogP contribution in [0.3, 0.4) is 0 Å². The molecule has 142 valence electrons. The third-order valence-electron chi connectivity index (χ3n) is 2.99. The zero-order valence-electron chi connectivity index (χ0n) is 13.1. The molecular weight excluding hydrogens is 446 g/mol. The third kappa shape index (κ3) is 5.24. The average molecular weight is 458 g/mol. The van der Waals surface area contributed by atoms with E-state index in [-0.39, 0.29) is 10.6 Å². The van der Waals surface area contributed by atoms with Crippen molar-refractivity contribution in [1.29, 1.82) is 0 Å². The Kier molecular flexibility index (Phi) is 6.02. The molecule has 2 rings (SSSR count). The fraction of sp³-hybridized carbons (Fsp3) is 0.200. The maximum atomic E-state index is 13.5. The first-order chi connectivity index (χ1) is 12.0. The molecule has 0 aliphatic rings. The van der Waals surface area contributed by atoms with E-state index in [1.165, 1.54) is 25.3 Å². The summed E-state index contributed by atoms with van der Waals surface area (Å²) in [5.41, 5.74) is -0.476. The lowest BCUT2D eigenvalue weighted by atomic mass is 10.3. The molecular formula is C15H12BrF4NO4S. The van der Waals surface area contributed by atoms with Gasteiger partial charge in [0.1, 0.15) is 22.2 Å². The van der Waals surface area contributed by atoms with Gasteiger partial charge < -0.3 is 9.47 Å². The van der Waals surface area contributed by atoms with Gasteiger partial charge in [0.25, 0.3) is 10.0 Å². The predicted molar refractivity (Wildman–Crippen MR) is 89.5 cm³/mol. The molecule has 0 saturated carbocycles. The Hall–Kier alpha value is -2.01. The number of methoxy groups -OCH3 is 1. The third-order valence-corrected chi connectivity index (χ3v) is 4.87. The van der Waals surface area contributed by atoms with Crippen LogP contribution in [0, 0.1) is 5.82 Å². The van der Waals surface area contributed by atoms with Crippen LogP contribution >= 0.6 is 15.9 Å². The summed E-state index contributed by atoms with van der Waals surface area (Å²) in [5, 5.41) is 0. The van der Waals surface area contributed by atoms with E-state index < -0.39 is 40.1 Å². The van der Waals surface area contributed by atoms with Crippen molar-refractivity contribution in [3.05, 3.63) is 46.7 Å². The lowest BCUT2D eigenvalue weighted by Crippen LogP contribution is -2.20. The molecule has 0 amide bonds. The molecule has 0 aliphatic carbocycles. The zero-order chi connectivity index (χ0) is 19.5. The van der Waals surface area contributed by atoms with Crippen LogP contribution in [0.4, 0.5) is 23.2 Å². The number of halogens is 5. The molecule has 0 bridgehead atoms. The predicted octanol–water partition coefficient (Wildman–Crippen LogP) is 4.34. The molecule has 0 spiro atoms. The van der Waals surface area contributed by atoms with Gasteiger partial charge >= 0.3 is 6.18 Å². The molecule has 1 N–H and O–H groups in total. The Morgan fingerprint density at radius 1 is 1.12 bits per heavy atom. The molecule has 0 saturated heterocycles. The van der Waals surface area contributed by atoms with Gasteiger partial charge in [-0.25, -0.2) is 12.8 Å². The van der Waals surface area contributed by atoms with E-state index in [9.17, 15) is 26.0 Å². The topological polar surface area (TPSA) is 64.6 Å². The summed E-state index contributed by atoms with van der Waals surface area (Å²) in [6.07, 6.45) is -4.64. The summed E-state index contributed by atoms with van der Waals surface area (Å²) in [4.78, 5) is -0.291. The minimum Gasteiger partial charge on any atom is -0.495 e. The number of ether oxygens (including phenoxy) is 2. The van der Waals surface area contributed by atoms with Crippen LogP contribution in [-0.4, -0.2) is 28.3 Å². The van der Waals surface area contributed by atoms with Crippen molar-refractivity contribution in [3.63, 3.8) is 0 Å². The maximum Gasteiger partial charge on any atom is 0.422 e. The molecule has 0 aromatic heterocycles. The van der Waals surface area contributed by atoms with Crippen molar-refractivity contribution >= 4 is 31.6 Å². The Balaban J connectivity index is 2.40. The van der Waals surface area contributed by atoms with Crippen molar-refractivity contribution < 1.29 is 35.5 Å². The summed E-state index contributed by atoms with van der Waals surface area (Å²) in [6.45, 7) is -1.66. The molecule has 0 unspecified atom stereocenters. The highest BCUT2D eigenvalue weighted by Crippen LogP contribution is 2.33. The Morgan fingerprint density at radius 2 is 1.77 bits per heavy atom. The fourth-order valence-electron chi connectivity index (χ4n) is 1.93. The summed E-state index contributed by atoms with van der Waals surface area (Å²) in [5.74, 6) is -1.33. The monoisotopic (exact) mass is 457 g/mol. The lowest BCUT2D eigenvalue weighted by molar-refractivity contribution is -0.153. The number of alkyl halides is 3. The van der Waals surface area contributed by atoms with Crippen LogP contribution < -0.4 is 14.2 Å². The second kappa shape index (κ2) is 7.70. The second-order valence-electron chi connectivity index (χ2n) is 4.95. The molecule has 5 nitrogen and oxygen atoms in total. The van der Waals surface area contributed by atoms with E-state index in [0.717, 1.165) is 12.1 Å². The molecule has 0 aliphatic heterocycles. The highest BCUT2D eigenvalue weighted by atomic mass is 79.9. The van der Waals surface area contributed by atoms with Crippen LogP contribution in [0.5, 0.6) is 11.5 Å². The Labute approximate surface area is 155 Å². The van der Waals surface area contributed by atoms with E-state index >= 15 is 0 Å². The first-order valence-corrected chi connectivity index (χ1v) is 9.15. The second-order valence-corrected chi connectivity index (χ2v) is 7.51.